The summed E-state index contributed by atoms with van der Waals surface area (Å²) in [7, 11) is 0. The molecule has 0 saturated carbocycles. The Bertz CT molecular complexity index is 1590. The van der Waals surface area contributed by atoms with Gasteiger partial charge in [-0.2, -0.15) is 8.78 Å². The molecule has 0 amide bonds. The lowest BCUT2D eigenvalue weighted by Crippen LogP contribution is -2.23. The van der Waals surface area contributed by atoms with Gasteiger partial charge in [-0.05, 0) is 30.7 Å². The average molecular weight is 578 g/mol. The molecule has 0 unspecified atom stereocenters. The molecular weight excluding hydrogens is 560 g/mol. The predicted octanol–water partition coefficient (Wildman–Crippen LogP) is 7.69. The van der Waals surface area contributed by atoms with E-state index < -0.39 is 63.5 Å². The zero-order valence-corrected chi connectivity index (χ0v) is 21.1. The Morgan fingerprint density at radius 1 is 0.756 bits per heavy atom. The van der Waals surface area contributed by atoms with Gasteiger partial charge in [0, 0.05) is 23.3 Å². The van der Waals surface area contributed by atoms with Crippen LogP contribution >= 0.6 is 0 Å². The van der Waals surface area contributed by atoms with E-state index in [9.17, 15) is 35.1 Å². The SMILES string of the molecule is CCCCOc1cnc(-c2ccc(C(F)(F)Oc3cc(F)c(C#Cc4cc(F)c(F)c(F)c4)c(F)c3)c(F)c2)nc1. The van der Waals surface area contributed by atoms with E-state index in [0.717, 1.165) is 25.0 Å². The van der Waals surface area contributed by atoms with E-state index in [0.29, 0.717) is 42.7 Å². The van der Waals surface area contributed by atoms with Gasteiger partial charge < -0.3 is 9.47 Å². The van der Waals surface area contributed by atoms with Crippen LogP contribution in [0.3, 0.4) is 0 Å². The second-order valence-corrected chi connectivity index (χ2v) is 8.52. The van der Waals surface area contributed by atoms with Crippen LogP contribution in [0, 0.1) is 46.7 Å². The van der Waals surface area contributed by atoms with E-state index in [1.807, 2.05) is 12.8 Å². The van der Waals surface area contributed by atoms with Crippen molar-refractivity contribution in [3.05, 3.63) is 106 Å². The molecule has 0 aliphatic rings. The first kappa shape index (κ1) is 29.3. The van der Waals surface area contributed by atoms with Gasteiger partial charge in [0.25, 0.3) is 0 Å². The zero-order chi connectivity index (χ0) is 29.7. The third-order valence-corrected chi connectivity index (χ3v) is 5.51. The monoisotopic (exact) mass is 578 g/mol. The fourth-order valence-corrected chi connectivity index (χ4v) is 3.46. The number of hydrogen-bond donors (Lipinski definition) is 0. The number of benzene rings is 3. The van der Waals surface area contributed by atoms with Gasteiger partial charge in [0.15, 0.2) is 29.0 Å². The summed E-state index contributed by atoms with van der Waals surface area (Å²) in [6.07, 6.45) is 0.0952. The molecule has 0 bridgehead atoms. The molecule has 3 aromatic carbocycles. The summed E-state index contributed by atoms with van der Waals surface area (Å²) in [4.78, 5) is 8.07. The van der Waals surface area contributed by atoms with Gasteiger partial charge in [0.05, 0.1) is 30.1 Å². The molecule has 0 atom stereocenters. The van der Waals surface area contributed by atoms with Crippen molar-refractivity contribution in [2.45, 2.75) is 25.9 Å². The summed E-state index contributed by atoms with van der Waals surface area (Å²) >= 11 is 0. The van der Waals surface area contributed by atoms with Crippen molar-refractivity contribution in [3.8, 4) is 34.7 Å². The minimum absolute atomic E-state index is 0.0366. The van der Waals surface area contributed by atoms with E-state index in [1.165, 1.54) is 12.4 Å². The highest BCUT2D eigenvalue weighted by atomic mass is 19.3. The smallest absolute Gasteiger partial charge is 0.429 e. The third-order valence-electron chi connectivity index (χ3n) is 5.51. The molecule has 12 heteroatoms. The molecule has 0 aliphatic carbocycles. The maximum Gasteiger partial charge on any atom is 0.429 e. The molecule has 4 nitrogen and oxygen atoms in total. The summed E-state index contributed by atoms with van der Waals surface area (Å²) in [5.41, 5.74) is -2.54. The van der Waals surface area contributed by atoms with Gasteiger partial charge in [0.1, 0.15) is 23.2 Å². The molecule has 0 fully saturated rings. The van der Waals surface area contributed by atoms with Crippen molar-refractivity contribution in [1.29, 1.82) is 0 Å². The number of alkyl halides is 2. The first-order valence-corrected chi connectivity index (χ1v) is 12.0. The van der Waals surface area contributed by atoms with E-state index in [4.69, 9.17) is 4.74 Å². The number of halogens is 8. The number of aromatic nitrogens is 2. The van der Waals surface area contributed by atoms with E-state index in [-0.39, 0.29) is 11.4 Å². The molecule has 0 spiro atoms. The van der Waals surface area contributed by atoms with Gasteiger partial charge in [0.2, 0.25) is 0 Å². The maximum absolute atomic E-state index is 14.8. The predicted molar refractivity (Wildman–Crippen MR) is 131 cm³/mol. The molecule has 0 saturated heterocycles. The fourth-order valence-electron chi connectivity index (χ4n) is 3.46. The quantitative estimate of drug-likeness (QED) is 0.0931. The molecular formula is C29H18F8N2O2. The Hall–Kier alpha value is -4.66. The van der Waals surface area contributed by atoms with Crippen molar-refractivity contribution in [1.82, 2.24) is 9.97 Å². The molecule has 0 radical (unpaired) electrons. The van der Waals surface area contributed by atoms with Crippen LogP contribution in [0.2, 0.25) is 0 Å². The number of unbranched alkanes of at least 4 members (excludes halogenated alkanes) is 1. The summed E-state index contributed by atoms with van der Waals surface area (Å²) in [6.45, 7) is 2.45. The van der Waals surface area contributed by atoms with Crippen LogP contribution in [-0.4, -0.2) is 16.6 Å². The molecule has 4 aromatic rings. The van der Waals surface area contributed by atoms with Crippen molar-refractivity contribution >= 4 is 0 Å². The first-order chi connectivity index (χ1) is 19.5. The third kappa shape index (κ3) is 6.92. The number of nitrogens with zero attached hydrogens (tertiary/aromatic N) is 2. The lowest BCUT2D eigenvalue weighted by atomic mass is 10.1. The van der Waals surface area contributed by atoms with Gasteiger partial charge in [-0.15, -0.1) is 0 Å². The van der Waals surface area contributed by atoms with Gasteiger partial charge in [-0.3, -0.25) is 0 Å². The number of rotatable bonds is 8. The summed E-state index contributed by atoms with van der Waals surface area (Å²) in [5, 5.41) is 0. The summed E-state index contributed by atoms with van der Waals surface area (Å²) in [6, 6.07) is 4.33. The molecule has 0 aliphatic heterocycles. The molecule has 41 heavy (non-hydrogen) atoms. The topological polar surface area (TPSA) is 44.2 Å². The van der Waals surface area contributed by atoms with E-state index >= 15 is 0 Å². The van der Waals surface area contributed by atoms with Crippen LogP contribution in [0.4, 0.5) is 35.1 Å². The minimum Gasteiger partial charge on any atom is -0.490 e. The van der Waals surface area contributed by atoms with Crippen molar-refractivity contribution in [3.63, 3.8) is 0 Å². The lowest BCUT2D eigenvalue weighted by Gasteiger charge is -2.19. The Balaban J connectivity index is 1.52. The van der Waals surface area contributed by atoms with Crippen molar-refractivity contribution in [2.24, 2.45) is 0 Å². The molecule has 1 heterocycles. The lowest BCUT2D eigenvalue weighted by molar-refractivity contribution is -0.187. The van der Waals surface area contributed by atoms with Gasteiger partial charge in [-0.1, -0.05) is 31.3 Å². The highest BCUT2D eigenvalue weighted by molar-refractivity contribution is 5.56. The Kier molecular flexibility index (Phi) is 8.76. The van der Waals surface area contributed by atoms with E-state index in [1.54, 1.807) is 0 Å². The van der Waals surface area contributed by atoms with Gasteiger partial charge >= 0.3 is 6.11 Å². The van der Waals surface area contributed by atoms with Crippen LogP contribution in [0.1, 0.15) is 36.5 Å². The summed E-state index contributed by atoms with van der Waals surface area (Å²) in [5.74, 6) is -5.77. The normalized spacial score (nSPS) is 11.1. The second kappa shape index (κ2) is 12.2. The van der Waals surface area contributed by atoms with Crippen LogP contribution in [0.5, 0.6) is 11.5 Å². The zero-order valence-electron chi connectivity index (χ0n) is 21.1. The van der Waals surface area contributed by atoms with Crippen LogP contribution in [-0.2, 0) is 6.11 Å². The highest BCUT2D eigenvalue weighted by Crippen LogP contribution is 2.35. The van der Waals surface area contributed by atoms with E-state index in [2.05, 4.69) is 20.6 Å². The Morgan fingerprint density at radius 3 is 1.98 bits per heavy atom. The van der Waals surface area contributed by atoms with Crippen LogP contribution in [0.15, 0.2) is 54.9 Å². The maximum atomic E-state index is 14.8. The molecule has 4 rings (SSSR count). The van der Waals surface area contributed by atoms with Crippen LogP contribution in [0.25, 0.3) is 11.4 Å². The summed E-state index contributed by atoms with van der Waals surface area (Å²) < 4.78 is 123. The first-order valence-electron chi connectivity index (χ1n) is 12.0. The van der Waals surface area contributed by atoms with Gasteiger partial charge in [-0.25, -0.2) is 36.3 Å². The molecule has 1 aromatic heterocycles. The minimum atomic E-state index is -4.37. The Morgan fingerprint density at radius 2 is 1.39 bits per heavy atom. The molecule has 212 valence electrons. The molecule has 0 N–H and O–H groups in total. The largest absolute Gasteiger partial charge is 0.490 e. The Labute approximate surface area is 228 Å². The van der Waals surface area contributed by atoms with Crippen LogP contribution < -0.4 is 9.47 Å². The van der Waals surface area contributed by atoms with Crippen molar-refractivity contribution < 1.29 is 44.6 Å². The second-order valence-electron chi connectivity index (χ2n) is 8.52. The number of hydrogen-bond acceptors (Lipinski definition) is 4. The average Bonchev–Trinajstić information content (AvgIpc) is 2.91. The standard InChI is InChI=1S/C29H18F8N2O2/c1-2-3-8-40-19-14-38-28(39-15-19)17-5-7-21(24(32)11-17)29(36,37)41-18-12-22(30)20(23(31)13-18)6-4-16-9-25(33)27(35)26(34)10-16/h5,7,9-15H,2-3,8H2,1H3. The van der Waals surface area contributed by atoms with Crippen molar-refractivity contribution in [2.75, 3.05) is 6.61 Å². The fraction of sp³-hybridized carbons (Fsp3) is 0.172. The highest BCUT2D eigenvalue weighted by Gasteiger charge is 2.38. The number of ether oxygens (including phenoxy) is 2.